The number of hydrogen-bond donors (Lipinski definition) is 2. The van der Waals surface area contributed by atoms with Crippen molar-refractivity contribution in [3.05, 3.63) is 47.3 Å². The predicted octanol–water partition coefficient (Wildman–Crippen LogP) is 4.41. The van der Waals surface area contributed by atoms with Crippen molar-refractivity contribution in [1.29, 1.82) is 0 Å². The summed E-state index contributed by atoms with van der Waals surface area (Å²) < 4.78 is 7.52. The summed E-state index contributed by atoms with van der Waals surface area (Å²) >= 11 is 0. The average molecular weight is 452 g/mol. The summed E-state index contributed by atoms with van der Waals surface area (Å²) in [6, 6.07) is 7.61. The largest absolute Gasteiger partial charge is 0.462 e. The first-order valence-electron chi connectivity index (χ1n) is 11.8. The van der Waals surface area contributed by atoms with Crippen molar-refractivity contribution >= 4 is 23.3 Å². The predicted molar refractivity (Wildman–Crippen MR) is 127 cm³/mol. The molecule has 1 saturated carbocycles. The van der Waals surface area contributed by atoms with Crippen LogP contribution in [0.5, 0.6) is 0 Å². The first-order chi connectivity index (χ1) is 15.7. The molecule has 0 saturated heterocycles. The third kappa shape index (κ3) is 4.97. The van der Waals surface area contributed by atoms with Gasteiger partial charge in [-0.1, -0.05) is 20.8 Å². The number of aromatic nitrogens is 1. The van der Waals surface area contributed by atoms with Crippen LogP contribution in [0.2, 0.25) is 0 Å². The van der Waals surface area contributed by atoms with Crippen LogP contribution in [0.25, 0.3) is 5.69 Å². The van der Waals surface area contributed by atoms with Crippen LogP contribution in [0, 0.1) is 5.41 Å². The molecule has 1 fully saturated rings. The number of hydrogen-bond acceptors (Lipinski definition) is 5. The molecule has 3 N–H and O–H groups in total. The quantitative estimate of drug-likeness (QED) is 0.633. The molecule has 7 heteroatoms. The number of esters is 1. The van der Waals surface area contributed by atoms with E-state index in [0.29, 0.717) is 24.1 Å². The number of fused-ring (bicyclic) bond motifs is 1. The molecule has 2 aliphatic rings. The van der Waals surface area contributed by atoms with Crippen molar-refractivity contribution in [2.45, 2.75) is 77.9 Å². The first kappa shape index (κ1) is 23.1. The van der Waals surface area contributed by atoms with Gasteiger partial charge in [0.2, 0.25) is 0 Å². The van der Waals surface area contributed by atoms with E-state index in [1.54, 1.807) is 13.0 Å². The Bertz CT molecular complexity index is 1080. The minimum absolute atomic E-state index is 0.0373. The lowest BCUT2D eigenvalue weighted by atomic mass is 9.76. The molecule has 33 heavy (non-hydrogen) atoms. The number of anilines is 1. The SMILES string of the molecule is CCC(=O)OC1CCC(Nc2cc(-n3ccc4c3CC(C)(C)CC4=O)ccc2C(N)=O)CC1. The number of carbonyl (C=O) groups is 3. The average Bonchev–Trinajstić information content (AvgIpc) is 3.17. The van der Waals surface area contributed by atoms with Crippen molar-refractivity contribution in [3.63, 3.8) is 0 Å². The Kier molecular flexibility index (Phi) is 6.32. The summed E-state index contributed by atoms with van der Waals surface area (Å²) in [7, 11) is 0. The minimum atomic E-state index is -0.486. The van der Waals surface area contributed by atoms with Crippen LogP contribution in [-0.2, 0) is 16.0 Å². The van der Waals surface area contributed by atoms with Gasteiger partial charge in [0, 0.05) is 47.7 Å². The normalized spacial score (nSPS) is 21.8. The standard InChI is InChI=1S/C26H33N3O4/c1-4-24(31)33-18-8-5-16(6-9-18)28-21-13-17(7-10-19(21)25(27)32)29-12-11-20-22(29)14-26(2,3)15-23(20)30/h7,10-13,16,18,28H,4-6,8-9,14-15H2,1-3H3,(H2,27,32). The van der Waals surface area contributed by atoms with Gasteiger partial charge in [-0.15, -0.1) is 0 Å². The van der Waals surface area contributed by atoms with Gasteiger partial charge < -0.3 is 20.4 Å². The van der Waals surface area contributed by atoms with Gasteiger partial charge in [-0.2, -0.15) is 0 Å². The van der Waals surface area contributed by atoms with E-state index in [0.717, 1.165) is 49.0 Å². The van der Waals surface area contributed by atoms with Crippen LogP contribution in [-0.4, -0.2) is 34.4 Å². The van der Waals surface area contributed by atoms with Gasteiger partial charge in [0.25, 0.3) is 5.91 Å². The molecular weight excluding hydrogens is 418 g/mol. The van der Waals surface area contributed by atoms with Gasteiger partial charge in [0.15, 0.2) is 5.78 Å². The van der Waals surface area contributed by atoms with Crippen molar-refractivity contribution in [2.75, 3.05) is 5.32 Å². The van der Waals surface area contributed by atoms with Gasteiger partial charge in [0.05, 0.1) is 5.56 Å². The molecular formula is C26H33N3O4. The molecule has 0 aliphatic heterocycles. The van der Waals surface area contributed by atoms with Gasteiger partial charge in [-0.05, 0) is 61.8 Å². The molecule has 0 spiro atoms. The highest BCUT2D eigenvalue weighted by Gasteiger charge is 2.33. The molecule has 0 radical (unpaired) electrons. The Hall–Kier alpha value is -3.09. The Labute approximate surface area is 194 Å². The number of nitrogens with two attached hydrogens (primary N) is 1. The number of rotatable bonds is 6. The number of nitrogens with zero attached hydrogens (tertiary/aromatic N) is 1. The van der Waals surface area contributed by atoms with Crippen molar-refractivity contribution in [2.24, 2.45) is 11.1 Å². The van der Waals surface area contributed by atoms with Gasteiger partial charge in [0.1, 0.15) is 6.10 Å². The number of carbonyl (C=O) groups excluding carboxylic acids is 3. The lowest BCUT2D eigenvalue weighted by molar-refractivity contribution is -0.150. The first-order valence-corrected chi connectivity index (χ1v) is 11.8. The van der Waals surface area contributed by atoms with E-state index in [-0.39, 0.29) is 29.3 Å². The van der Waals surface area contributed by atoms with Crippen LogP contribution in [0.1, 0.15) is 85.7 Å². The smallest absolute Gasteiger partial charge is 0.305 e. The van der Waals surface area contributed by atoms with E-state index in [1.165, 1.54) is 0 Å². The van der Waals surface area contributed by atoms with Crippen molar-refractivity contribution < 1.29 is 19.1 Å². The summed E-state index contributed by atoms with van der Waals surface area (Å²) in [5.74, 6) is -0.472. The maximum atomic E-state index is 12.6. The lowest BCUT2D eigenvalue weighted by Gasteiger charge is -2.31. The zero-order chi connectivity index (χ0) is 23.8. The summed E-state index contributed by atoms with van der Waals surface area (Å²) in [5, 5.41) is 3.50. The molecule has 4 rings (SSSR count). The van der Waals surface area contributed by atoms with Gasteiger partial charge >= 0.3 is 5.97 Å². The molecule has 1 aromatic heterocycles. The van der Waals surface area contributed by atoms with Crippen molar-refractivity contribution in [3.8, 4) is 5.69 Å². The van der Waals surface area contributed by atoms with Crippen LogP contribution in [0.3, 0.4) is 0 Å². The van der Waals surface area contributed by atoms with Crippen LogP contribution in [0.4, 0.5) is 5.69 Å². The van der Waals surface area contributed by atoms with E-state index in [9.17, 15) is 14.4 Å². The molecule has 0 atom stereocenters. The molecule has 2 aromatic rings. The number of amides is 1. The topological polar surface area (TPSA) is 103 Å². The fourth-order valence-corrected chi connectivity index (χ4v) is 5.02. The maximum absolute atomic E-state index is 12.6. The molecule has 1 aromatic carbocycles. The van der Waals surface area contributed by atoms with E-state index < -0.39 is 5.91 Å². The molecule has 0 bridgehead atoms. The molecule has 2 aliphatic carbocycles. The second-order valence-corrected chi connectivity index (χ2v) is 10.0. The second kappa shape index (κ2) is 9.04. The second-order valence-electron chi connectivity index (χ2n) is 10.0. The number of nitrogens with one attached hydrogen (secondary N) is 1. The van der Waals surface area contributed by atoms with Gasteiger partial charge in [-0.3, -0.25) is 14.4 Å². The number of primary amides is 1. The fraction of sp³-hybridized carbons (Fsp3) is 0.500. The summed E-state index contributed by atoms with van der Waals surface area (Å²) in [5.41, 5.74) is 9.38. The van der Waals surface area contributed by atoms with E-state index >= 15 is 0 Å². The van der Waals surface area contributed by atoms with E-state index in [4.69, 9.17) is 10.5 Å². The third-order valence-electron chi connectivity index (χ3n) is 6.74. The van der Waals surface area contributed by atoms with Gasteiger partial charge in [-0.25, -0.2) is 0 Å². The minimum Gasteiger partial charge on any atom is -0.462 e. The zero-order valence-electron chi connectivity index (χ0n) is 19.6. The van der Waals surface area contributed by atoms with Crippen LogP contribution < -0.4 is 11.1 Å². The number of benzene rings is 1. The fourth-order valence-electron chi connectivity index (χ4n) is 5.02. The molecule has 7 nitrogen and oxygen atoms in total. The third-order valence-corrected chi connectivity index (χ3v) is 6.74. The Balaban J connectivity index is 1.57. The van der Waals surface area contributed by atoms with Crippen molar-refractivity contribution in [1.82, 2.24) is 4.57 Å². The summed E-state index contributed by atoms with van der Waals surface area (Å²) in [4.78, 5) is 36.3. The Morgan fingerprint density at radius 2 is 1.88 bits per heavy atom. The highest BCUT2D eigenvalue weighted by atomic mass is 16.5. The summed E-state index contributed by atoms with van der Waals surface area (Å²) in [6.07, 6.45) is 6.89. The van der Waals surface area contributed by atoms with E-state index in [2.05, 4.69) is 19.2 Å². The Morgan fingerprint density at radius 1 is 1.15 bits per heavy atom. The van der Waals surface area contributed by atoms with E-state index in [1.807, 2.05) is 29.0 Å². The molecule has 176 valence electrons. The monoisotopic (exact) mass is 451 g/mol. The molecule has 1 amide bonds. The number of ketones is 1. The highest BCUT2D eigenvalue weighted by molar-refractivity contribution is 6.00. The summed E-state index contributed by atoms with van der Waals surface area (Å²) in [6.45, 7) is 6.03. The lowest BCUT2D eigenvalue weighted by Crippen LogP contribution is -2.31. The number of Topliss-reactive ketones (excluding diaryl/α,β-unsaturated/α-hetero) is 1. The van der Waals surface area contributed by atoms with Crippen LogP contribution in [0.15, 0.2) is 30.5 Å². The van der Waals surface area contributed by atoms with Crippen LogP contribution >= 0.6 is 0 Å². The maximum Gasteiger partial charge on any atom is 0.305 e. The zero-order valence-corrected chi connectivity index (χ0v) is 19.6. The molecule has 1 heterocycles. The number of ether oxygens (including phenoxy) is 1. The highest BCUT2D eigenvalue weighted by Crippen LogP contribution is 2.37. The molecule has 0 unspecified atom stereocenters. The Morgan fingerprint density at radius 3 is 2.55 bits per heavy atom.